The highest BCUT2D eigenvalue weighted by molar-refractivity contribution is 5.90. The standard InChI is InChI=1S/C38H58N8O7/c1-25(43(10)29-16-13-27(24-29)39-34(50)52-36(2,3)4)23-26-11-14-28(15-12-26)46-18-17-30(41-33(46)49)40-32(48)45-21-19-44(20-22-45)31(47)38(8,9)42-35(51)53-37(5,6)7/h11-12,14-15,17-18,25,27,29H,13,16,19-24H2,1-10H3,(H,39,50)(H,42,51)(H,40,41,48,49)/t25?,27-,29+/m1/s1. The maximum absolute atomic E-state index is 13.2. The zero-order valence-corrected chi connectivity index (χ0v) is 32.9. The Morgan fingerprint density at radius 2 is 1.45 bits per heavy atom. The molecule has 1 aliphatic heterocycles. The fourth-order valence-corrected chi connectivity index (χ4v) is 6.55. The van der Waals surface area contributed by atoms with Gasteiger partial charge in [0, 0.05) is 50.5 Å². The minimum absolute atomic E-state index is 0.0958. The third-order valence-electron chi connectivity index (χ3n) is 9.38. The van der Waals surface area contributed by atoms with E-state index in [0.29, 0.717) is 11.7 Å². The van der Waals surface area contributed by atoms with Crippen molar-refractivity contribution in [3.8, 4) is 5.69 Å². The second-order valence-electron chi connectivity index (χ2n) is 16.6. The summed E-state index contributed by atoms with van der Waals surface area (Å²) in [4.78, 5) is 73.2. The van der Waals surface area contributed by atoms with E-state index in [0.717, 1.165) is 31.2 Å². The zero-order valence-electron chi connectivity index (χ0n) is 32.9. The van der Waals surface area contributed by atoms with Crippen LogP contribution in [-0.4, -0.2) is 116 Å². The molecule has 15 heteroatoms. The lowest BCUT2D eigenvalue weighted by molar-refractivity contribution is -0.138. The van der Waals surface area contributed by atoms with E-state index in [-0.39, 0.29) is 56.1 Å². The lowest BCUT2D eigenvalue weighted by Gasteiger charge is -2.38. The van der Waals surface area contributed by atoms with E-state index in [4.69, 9.17) is 9.47 Å². The maximum atomic E-state index is 13.2. The molecule has 1 unspecified atom stereocenters. The van der Waals surface area contributed by atoms with Gasteiger partial charge in [0.05, 0.1) is 5.69 Å². The number of rotatable bonds is 9. The number of anilines is 1. The van der Waals surface area contributed by atoms with Crippen molar-refractivity contribution in [2.24, 2.45) is 0 Å². The van der Waals surface area contributed by atoms with E-state index >= 15 is 0 Å². The fraction of sp³-hybridized carbons (Fsp3) is 0.632. The van der Waals surface area contributed by atoms with E-state index in [9.17, 15) is 24.0 Å². The highest BCUT2D eigenvalue weighted by Crippen LogP contribution is 2.26. The highest BCUT2D eigenvalue weighted by atomic mass is 16.6. The minimum Gasteiger partial charge on any atom is -0.444 e. The van der Waals surface area contributed by atoms with E-state index in [2.05, 4.69) is 39.8 Å². The Morgan fingerprint density at radius 1 is 0.868 bits per heavy atom. The fourth-order valence-electron chi connectivity index (χ4n) is 6.55. The van der Waals surface area contributed by atoms with Crippen LogP contribution in [0.25, 0.3) is 5.69 Å². The number of carbonyl (C=O) groups is 4. The molecular formula is C38H58N8O7. The predicted octanol–water partition coefficient (Wildman–Crippen LogP) is 4.52. The summed E-state index contributed by atoms with van der Waals surface area (Å²) in [6.45, 7) is 17.3. The Balaban J connectivity index is 1.25. The van der Waals surface area contributed by atoms with E-state index < -0.39 is 34.6 Å². The molecule has 0 radical (unpaired) electrons. The van der Waals surface area contributed by atoms with Crippen LogP contribution in [-0.2, 0) is 20.7 Å². The van der Waals surface area contributed by atoms with Gasteiger partial charge in [-0.2, -0.15) is 4.98 Å². The van der Waals surface area contributed by atoms with Gasteiger partial charge < -0.3 is 34.8 Å². The molecule has 5 amide bonds. The number of hydrogen-bond acceptors (Lipinski definition) is 9. The number of nitrogens with one attached hydrogen (secondary N) is 3. The molecule has 2 aliphatic rings. The summed E-state index contributed by atoms with van der Waals surface area (Å²) >= 11 is 0. The third kappa shape index (κ3) is 11.9. The third-order valence-corrected chi connectivity index (χ3v) is 9.38. The minimum atomic E-state index is -1.19. The average Bonchev–Trinajstić information content (AvgIpc) is 3.50. The van der Waals surface area contributed by atoms with Crippen LogP contribution in [0.1, 0.15) is 87.1 Å². The lowest BCUT2D eigenvalue weighted by atomic mass is 10.0. The number of hydrogen-bond donors (Lipinski definition) is 3. The molecule has 0 bridgehead atoms. The van der Waals surface area contributed by atoms with Gasteiger partial charge in [0.1, 0.15) is 22.6 Å². The number of amides is 5. The van der Waals surface area contributed by atoms with Crippen molar-refractivity contribution in [3.63, 3.8) is 0 Å². The van der Waals surface area contributed by atoms with Crippen molar-refractivity contribution >= 4 is 29.9 Å². The summed E-state index contributed by atoms with van der Waals surface area (Å²) in [5.41, 5.74) is -1.16. The molecule has 2 fully saturated rings. The largest absolute Gasteiger partial charge is 0.444 e. The number of alkyl carbamates (subject to hydrolysis) is 2. The maximum Gasteiger partial charge on any atom is 0.408 e. The van der Waals surface area contributed by atoms with Gasteiger partial charge in [0.2, 0.25) is 5.91 Å². The smallest absolute Gasteiger partial charge is 0.408 e. The molecule has 15 nitrogen and oxygen atoms in total. The zero-order chi connectivity index (χ0) is 39.3. The van der Waals surface area contributed by atoms with Crippen molar-refractivity contribution in [2.45, 2.75) is 123 Å². The number of piperazine rings is 1. The van der Waals surface area contributed by atoms with Crippen molar-refractivity contribution in [3.05, 3.63) is 52.6 Å². The molecule has 292 valence electrons. The number of urea groups is 1. The molecule has 0 spiro atoms. The summed E-state index contributed by atoms with van der Waals surface area (Å²) < 4.78 is 12.1. The second-order valence-corrected chi connectivity index (χ2v) is 16.6. The van der Waals surface area contributed by atoms with Gasteiger partial charge in [-0.1, -0.05) is 12.1 Å². The van der Waals surface area contributed by atoms with Gasteiger partial charge in [0.25, 0.3) is 0 Å². The van der Waals surface area contributed by atoms with Gasteiger partial charge in [-0.25, -0.2) is 19.2 Å². The molecule has 1 saturated heterocycles. The van der Waals surface area contributed by atoms with E-state index in [1.54, 1.807) is 56.7 Å². The van der Waals surface area contributed by atoms with Gasteiger partial charge >= 0.3 is 23.9 Å². The van der Waals surface area contributed by atoms with Gasteiger partial charge in [-0.15, -0.1) is 0 Å². The molecule has 4 rings (SSSR count). The second kappa shape index (κ2) is 16.6. The summed E-state index contributed by atoms with van der Waals surface area (Å²) in [7, 11) is 2.13. The number of nitrogens with zero attached hydrogens (tertiary/aromatic N) is 5. The van der Waals surface area contributed by atoms with Gasteiger partial charge in [-0.05, 0) is 119 Å². The SMILES string of the molecule is CC(Cc1ccc(-n2ccc(NC(=O)N3CCN(C(=O)C(C)(C)NC(=O)OC(C)(C)C)CC3)nc2=O)cc1)N(C)[C@H]1CC[C@@H](NC(=O)OC(C)(C)C)C1. The predicted molar refractivity (Wildman–Crippen MR) is 202 cm³/mol. The first-order chi connectivity index (χ1) is 24.6. The number of carbonyl (C=O) groups excluding carboxylic acids is 4. The highest BCUT2D eigenvalue weighted by Gasteiger charge is 2.37. The van der Waals surface area contributed by atoms with Crippen molar-refractivity contribution in [1.82, 2.24) is 34.9 Å². The van der Waals surface area contributed by atoms with Crippen LogP contribution in [0.5, 0.6) is 0 Å². The monoisotopic (exact) mass is 738 g/mol. The molecule has 1 aromatic heterocycles. The Labute approximate surface area is 312 Å². The summed E-state index contributed by atoms with van der Waals surface area (Å²) in [6.07, 6.45) is 4.13. The molecule has 2 aromatic rings. The Kier molecular flexibility index (Phi) is 12.8. The summed E-state index contributed by atoms with van der Waals surface area (Å²) in [6, 6.07) is 9.62. The van der Waals surface area contributed by atoms with Crippen LogP contribution in [0, 0.1) is 0 Å². The van der Waals surface area contributed by atoms with E-state index in [1.165, 1.54) is 4.57 Å². The van der Waals surface area contributed by atoms with Crippen molar-refractivity contribution in [2.75, 3.05) is 38.5 Å². The molecular weight excluding hydrogens is 680 g/mol. The first-order valence-electron chi connectivity index (χ1n) is 18.4. The Morgan fingerprint density at radius 3 is 2.04 bits per heavy atom. The molecule has 53 heavy (non-hydrogen) atoms. The quantitative estimate of drug-likeness (QED) is 0.335. The number of benzene rings is 1. The summed E-state index contributed by atoms with van der Waals surface area (Å²) in [5.74, 6) is -0.154. The lowest BCUT2D eigenvalue weighted by Crippen LogP contribution is -2.60. The molecule has 1 aromatic carbocycles. The van der Waals surface area contributed by atoms with Gasteiger partial charge in [0.15, 0.2) is 0 Å². The van der Waals surface area contributed by atoms with Crippen LogP contribution in [0.15, 0.2) is 41.3 Å². The van der Waals surface area contributed by atoms with Gasteiger partial charge in [-0.3, -0.25) is 14.7 Å². The van der Waals surface area contributed by atoms with Crippen LogP contribution in [0.4, 0.5) is 20.2 Å². The average molecular weight is 739 g/mol. The first kappa shape index (κ1) is 41.1. The Hall–Kier alpha value is -4.66. The van der Waals surface area contributed by atoms with Crippen LogP contribution in [0.3, 0.4) is 0 Å². The van der Waals surface area contributed by atoms with Crippen LogP contribution in [0.2, 0.25) is 0 Å². The normalized spacial score (nSPS) is 18.7. The molecule has 3 atom stereocenters. The topological polar surface area (TPSA) is 167 Å². The number of aromatic nitrogens is 2. The van der Waals surface area contributed by atoms with Crippen LogP contribution < -0.4 is 21.6 Å². The van der Waals surface area contributed by atoms with Crippen molar-refractivity contribution in [1.29, 1.82) is 0 Å². The number of ether oxygens (including phenoxy) is 2. The van der Waals surface area contributed by atoms with Crippen molar-refractivity contribution < 1.29 is 28.7 Å². The van der Waals surface area contributed by atoms with Crippen LogP contribution >= 0.6 is 0 Å². The molecule has 3 N–H and O–H groups in total. The molecule has 1 saturated carbocycles. The number of likely N-dealkylation sites (N-methyl/N-ethyl adjacent to an activating group) is 1. The Bertz CT molecular complexity index is 1670. The summed E-state index contributed by atoms with van der Waals surface area (Å²) in [5, 5.41) is 8.34. The first-order valence-corrected chi connectivity index (χ1v) is 18.4. The molecule has 2 heterocycles. The molecule has 1 aliphatic carbocycles. The van der Waals surface area contributed by atoms with E-state index in [1.807, 2.05) is 45.0 Å².